The molecule has 0 amide bonds. The van der Waals surface area contributed by atoms with E-state index in [1.54, 1.807) is 0 Å². The van der Waals surface area contributed by atoms with Crippen LogP contribution in [-0.2, 0) is 0 Å². The summed E-state index contributed by atoms with van der Waals surface area (Å²) in [6.45, 7) is 4.03. The van der Waals surface area contributed by atoms with Crippen LogP contribution < -0.4 is 5.73 Å². The van der Waals surface area contributed by atoms with E-state index in [4.69, 9.17) is 5.73 Å². The summed E-state index contributed by atoms with van der Waals surface area (Å²) in [4.78, 5) is 0. The van der Waals surface area contributed by atoms with Gasteiger partial charge in [0, 0.05) is 10.2 Å². The summed E-state index contributed by atoms with van der Waals surface area (Å²) in [6.07, 6.45) is 0. The molecule has 1 aromatic rings. The molecule has 0 aliphatic rings. The minimum atomic E-state index is 0.862. The highest BCUT2D eigenvalue weighted by atomic mass is 79.9. The van der Waals surface area contributed by atoms with Crippen molar-refractivity contribution in [1.82, 2.24) is 0 Å². The summed E-state index contributed by atoms with van der Waals surface area (Å²) >= 11 is 3.42. The van der Waals surface area contributed by atoms with Crippen LogP contribution in [0.1, 0.15) is 11.1 Å². The van der Waals surface area contributed by atoms with Gasteiger partial charge in [-0.3, -0.25) is 0 Å². The van der Waals surface area contributed by atoms with Gasteiger partial charge < -0.3 is 5.73 Å². The molecule has 0 bridgehead atoms. The molecule has 1 aromatic carbocycles. The Kier molecular flexibility index (Phi) is 2.00. The molecule has 0 radical (unpaired) electrons. The average molecular weight is 200 g/mol. The third kappa shape index (κ3) is 1.32. The number of nitrogens with two attached hydrogens (primary N) is 1. The van der Waals surface area contributed by atoms with Crippen molar-refractivity contribution in [2.75, 3.05) is 5.73 Å². The van der Waals surface area contributed by atoms with Crippen molar-refractivity contribution in [3.63, 3.8) is 0 Å². The smallest absolute Gasteiger partial charge is 0.0347 e. The second-order valence-electron chi connectivity index (χ2n) is 2.46. The number of benzene rings is 1. The zero-order chi connectivity index (χ0) is 7.72. The number of hydrogen-bond acceptors (Lipinski definition) is 1. The van der Waals surface area contributed by atoms with E-state index in [9.17, 15) is 0 Å². The van der Waals surface area contributed by atoms with E-state index in [1.807, 2.05) is 26.0 Å². The zero-order valence-electron chi connectivity index (χ0n) is 6.11. The maximum atomic E-state index is 5.67. The van der Waals surface area contributed by atoms with Gasteiger partial charge in [-0.25, -0.2) is 0 Å². The molecule has 2 heteroatoms. The van der Waals surface area contributed by atoms with E-state index >= 15 is 0 Å². The average Bonchev–Trinajstić information content (AvgIpc) is 1.84. The van der Waals surface area contributed by atoms with Crippen molar-refractivity contribution in [3.05, 3.63) is 27.7 Å². The molecule has 0 unspecified atom stereocenters. The Hall–Kier alpha value is -0.500. The highest BCUT2D eigenvalue weighted by Crippen LogP contribution is 2.21. The summed E-state index contributed by atoms with van der Waals surface area (Å²) in [5.41, 5.74) is 8.84. The maximum absolute atomic E-state index is 5.67. The molecule has 1 nitrogen and oxygen atoms in total. The van der Waals surface area contributed by atoms with Crippen LogP contribution >= 0.6 is 15.9 Å². The fourth-order valence-corrected chi connectivity index (χ4v) is 1.26. The second kappa shape index (κ2) is 2.62. The lowest BCUT2D eigenvalue weighted by atomic mass is 10.1. The summed E-state index contributed by atoms with van der Waals surface area (Å²) < 4.78 is 1.12. The van der Waals surface area contributed by atoms with Crippen molar-refractivity contribution in [2.24, 2.45) is 0 Å². The quantitative estimate of drug-likeness (QED) is 0.640. The molecule has 1 rings (SSSR count). The van der Waals surface area contributed by atoms with E-state index in [0.29, 0.717) is 0 Å². The molecule has 0 saturated carbocycles. The molecule has 0 aromatic heterocycles. The molecular formula is C8H10BrN. The van der Waals surface area contributed by atoms with E-state index in [2.05, 4.69) is 15.9 Å². The monoisotopic (exact) mass is 199 g/mol. The topological polar surface area (TPSA) is 26.0 Å². The molecule has 2 N–H and O–H groups in total. The van der Waals surface area contributed by atoms with Crippen LogP contribution in [0.25, 0.3) is 0 Å². The fraction of sp³-hybridized carbons (Fsp3) is 0.250. The third-order valence-corrected chi connectivity index (χ3v) is 2.40. The SMILES string of the molecule is Cc1cc(Br)c(C)cc1N. The molecule has 0 aliphatic heterocycles. The normalized spacial score (nSPS) is 9.90. The molecule has 0 spiro atoms. The van der Waals surface area contributed by atoms with Gasteiger partial charge in [-0.1, -0.05) is 15.9 Å². The number of anilines is 1. The molecule has 0 heterocycles. The Morgan fingerprint density at radius 2 is 1.80 bits per heavy atom. The predicted molar refractivity (Wildman–Crippen MR) is 48.0 cm³/mol. The summed E-state index contributed by atoms with van der Waals surface area (Å²) in [5, 5.41) is 0. The van der Waals surface area contributed by atoms with Gasteiger partial charge in [-0.15, -0.1) is 0 Å². The van der Waals surface area contributed by atoms with Crippen molar-refractivity contribution in [3.8, 4) is 0 Å². The molecule has 54 valence electrons. The lowest BCUT2D eigenvalue weighted by Gasteiger charge is -2.02. The summed E-state index contributed by atoms with van der Waals surface area (Å²) in [7, 11) is 0. The fourth-order valence-electron chi connectivity index (χ4n) is 0.803. The Bertz CT molecular complexity index is 205. The lowest BCUT2D eigenvalue weighted by Crippen LogP contribution is -1.90. The first-order valence-corrected chi connectivity index (χ1v) is 3.93. The minimum absolute atomic E-state index is 0.862. The standard InChI is InChI=1S/C8H10BrN/c1-5-4-8(10)6(2)3-7(5)9/h3-4H,10H2,1-2H3. The first-order chi connectivity index (χ1) is 4.61. The van der Waals surface area contributed by atoms with Crippen LogP contribution in [0.2, 0.25) is 0 Å². The van der Waals surface area contributed by atoms with Gasteiger partial charge in [0.1, 0.15) is 0 Å². The summed E-state index contributed by atoms with van der Waals surface area (Å²) in [6, 6.07) is 4.00. The number of aryl methyl sites for hydroxylation is 2. The Labute approximate surface area is 69.4 Å². The van der Waals surface area contributed by atoms with Gasteiger partial charge in [0.15, 0.2) is 0 Å². The first-order valence-electron chi connectivity index (χ1n) is 3.13. The first kappa shape index (κ1) is 7.61. The van der Waals surface area contributed by atoms with Gasteiger partial charge >= 0.3 is 0 Å². The van der Waals surface area contributed by atoms with Gasteiger partial charge in [-0.2, -0.15) is 0 Å². The van der Waals surface area contributed by atoms with E-state index in [1.165, 1.54) is 5.56 Å². The largest absolute Gasteiger partial charge is 0.399 e. The molecule has 0 atom stereocenters. The van der Waals surface area contributed by atoms with Crippen molar-refractivity contribution < 1.29 is 0 Å². The second-order valence-corrected chi connectivity index (χ2v) is 3.31. The highest BCUT2D eigenvalue weighted by Gasteiger charge is 1.97. The lowest BCUT2D eigenvalue weighted by molar-refractivity contribution is 1.37. The highest BCUT2D eigenvalue weighted by molar-refractivity contribution is 9.10. The maximum Gasteiger partial charge on any atom is 0.0347 e. The van der Waals surface area contributed by atoms with Gasteiger partial charge in [0.05, 0.1) is 0 Å². The number of nitrogen functional groups attached to an aromatic ring is 1. The van der Waals surface area contributed by atoms with Crippen LogP contribution in [0, 0.1) is 13.8 Å². The van der Waals surface area contributed by atoms with E-state index < -0.39 is 0 Å². The molecule has 10 heavy (non-hydrogen) atoms. The van der Waals surface area contributed by atoms with Gasteiger partial charge in [-0.05, 0) is 37.1 Å². The van der Waals surface area contributed by atoms with Gasteiger partial charge in [0.25, 0.3) is 0 Å². The van der Waals surface area contributed by atoms with E-state index in [0.717, 1.165) is 15.7 Å². The number of halogens is 1. The zero-order valence-corrected chi connectivity index (χ0v) is 7.70. The Morgan fingerprint density at radius 3 is 2.30 bits per heavy atom. The predicted octanol–water partition coefficient (Wildman–Crippen LogP) is 2.65. The van der Waals surface area contributed by atoms with Crippen LogP contribution in [0.3, 0.4) is 0 Å². The van der Waals surface area contributed by atoms with Crippen LogP contribution in [0.4, 0.5) is 5.69 Å². The van der Waals surface area contributed by atoms with Crippen LogP contribution in [0.5, 0.6) is 0 Å². The molecule has 0 fully saturated rings. The molecule has 0 aliphatic carbocycles. The van der Waals surface area contributed by atoms with E-state index in [-0.39, 0.29) is 0 Å². The van der Waals surface area contributed by atoms with Gasteiger partial charge in [0.2, 0.25) is 0 Å². The Balaban J connectivity index is 3.28. The van der Waals surface area contributed by atoms with Crippen LogP contribution in [-0.4, -0.2) is 0 Å². The number of rotatable bonds is 0. The van der Waals surface area contributed by atoms with Crippen LogP contribution in [0.15, 0.2) is 16.6 Å². The third-order valence-electron chi connectivity index (χ3n) is 1.55. The Morgan fingerprint density at radius 1 is 1.20 bits per heavy atom. The minimum Gasteiger partial charge on any atom is -0.399 e. The summed E-state index contributed by atoms with van der Waals surface area (Å²) in [5.74, 6) is 0. The van der Waals surface area contributed by atoms with Crippen molar-refractivity contribution in [2.45, 2.75) is 13.8 Å². The van der Waals surface area contributed by atoms with Crippen molar-refractivity contribution in [1.29, 1.82) is 0 Å². The molecular weight excluding hydrogens is 190 g/mol. The number of hydrogen-bond donors (Lipinski definition) is 1. The van der Waals surface area contributed by atoms with Crippen molar-refractivity contribution >= 4 is 21.6 Å². The molecule has 0 saturated heterocycles.